The zero-order valence-corrected chi connectivity index (χ0v) is 15.2. The average Bonchev–Trinajstić information content (AvgIpc) is 2.86. The molecule has 2 N–H and O–H groups in total. The number of halogens is 2. The van der Waals surface area contributed by atoms with Gasteiger partial charge in [-0.05, 0) is 72.4 Å². The molecule has 4 nitrogen and oxygen atoms in total. The minimum absolute atomic E-state index is 0.277. The number of benzene rings is 1. The molecule has 0 amide bonds. The topological polar surface area (TPSA) is 58.2 Å². The Kier molecular flexibility index (Phi) is 5.64. The lowest BCUT2D eigenvalue weighted by atomic mass is 10.1. The Morgan fingerprint density at radius 3 is 2.75 bits per heavy atom. The lowest BCUT2D eigenvalue weighted by molar-refractivity contribution is 0.519. The van der Waals surface area contributed by atoms with Crippen LogP contribution in [0.2, 0.25) is 0 Å². The third-order valence-corrected chi connectivity index (χ3v) is 6.78. The molecule has 7 heteroatoms. The Bertz CT molecular complexity index is 584. The highest BCUT2D eigenvalue weighted by atomic mass is 79.9. The van der Waals surface area contributed by atoms with E-state index in [1.165, 1.54) is 0 Å². The maximum Gasteiger partial charge on any atom is 0.241 e. The molecule has 0 aliphatic carbocycles. The maximum absolute atomic E-state index is 12.3. The first-order chi connectivity index (χ1) is 9.40. The standard InChI is InChI=1S/C13H18Br2N2O2S/c1-9-6-12(15)13(7-11(9)14)20(18,19)17-5-3-10-2-4-16-8-10/h6-7,10,16-17H,2-5,8H2,1H3. The van der Waals surface area contributed by atoms with Gasteiger partial charge in [-0.3, -0.25) is 0 Å². The van der Waals surface area contributed by atoms with Crippen LogP contribution in [0.15, 0.2) is 26.0 Å². The molecule has 1 atom stereocenters. The van der Waals surface area contributed by atoms with Crippen LogP contribution in [0.4, 0.5) is 0 Å². The van der Waals surface area contributed by atoms with Crippen molar-refractivity contribution in [3.63, 3.8) is 0 Å². The molecule has 0 saturated carbocycles. The van der Waals surface area contributed by atoms with Crippen molar-refractivity contribution in [3.8, 4) is 0 Å². The summed E-state index contributed by atoms with van der Waals surface area (Å²) in [6, 6.07) is 3.44. The van der Waals surface area contributed by atoms with Gasteiger partial charge in [-0.15, -0.1) is 0 Å². The molecule has 0 radical (unpaired) electrons. The molecule has 0 spiro atoms. The van der Waals surface area contributed by atoms with E-state index in [0.717, 1.165) is 36.0 Å². The van der Waals surface area contributed by atoms with Crippen molar-refractivity contribution < 1.29 is 8.42 Å². The molecular weight excluding hydrogens is 408 g/mol. The summed E-state index contributed by atoms with van der Waals surface area (Å²) in [5.41, 5.74) is 0.993. The van der Waals surface area contributed by atoms with Crippen LogP contribution in [-0.4, -0.2) is 28.1 Å². The molecule has 1 aromatic carbocycles. The second-order valence-electron chi connectivity index (χ2n) is 5.08. The number of aryl methyl sites for hydroxylation is 1. The van der Waals surface area contributed by atoms with E-state index < -0.39 is 10.0 Å². The molecule has 1 aromatic rings. The lowest BCUT2D eigenvalue weighted by Gasteiger charge is -2.12. The second-order valence-corrected chi connectivity index (χ2v) is 8.52. The van der Waals surface area contributed by atoms with Gasteiger partial charge >= 0.3 is 0 Å². The monoisotopic (exact) mass is 424 g/mol. The van der Waals surface area contributed by atoms with Crippen LogP contribution < -0.4 is 10.0 Å². The van der Waals surface area contributed by atoms with Gasteiger partial charge in [0.15, 0.2) is 0 Å². The Morgan fingerprint density at radius 2 is 2.10 bits per heavy atom. The van der Waals surface area contributed by atoms with Gasteiger partial charge in [0.25, 0.3) is 0 Å². The quantitative estimate of drug-likeness (QED) is 0.762. The summed E-state index contributed by atoms with van der Waals surface area (Å²) in [4.78, 5) is 0.277. The van der Waals surface area contributed by atoms with Crippen LogP contribution in [0, 0.1) is 12.8 Å². The van der Waals surface area contributed by atoms with Crippen molar-refractivity contribution >= 4 is 41.9 Å². The molecule has 1 heterocycles. The number of nitrogens with one attached hydrogen (secondary N) is 2. The van der Waals surface area contributed by atoms with Crippen molar-refractivity contribution in [2.24, 2.45) is 5.92 Å². The zero-order chi connectivity index (χ0) is 14.8. The Labute approximate surface area is 137 Å². The van der Waals surface area contributed by atoms with Crippen LogP contribution in [0.5, 0.6) is 0 Å². The van der Waals surface area contributed by atoms with Gasteiger partial charge in [0.1, 0.15) is 0 Å². The third-order valence-electron chi connectivity index (χ3n) is 3.51. The highest BCUT2D eigenvalue weighted by molar-refractivity contribution is 9.11. The molecule has 1 unspecified atom stereocenters. The minimum Gasteiger partial charge on any atom is -0.316 e. The van der Waals surface area contributed by atoms with Crippen molar-refractivity contribution in [2.45, 2.75) is 24.7 Å². The van der Waals surface area contributed by atoms with Gasteiger partial charge in [-0.25, -0.2) is 13.1 Å². The van der Waals surface area contributed by atoms with E-state index in [4.69, 9.17) is 0 Å². The highest BCUT2D eigenvalue weighted by Crippen LogP contribution is 2.28. The van der Waals surface area contributed by atoms with Gasteiger partial charge in [-0.2, -0.15) is 0 Å². The maximum atomic E-state index is 12.3. The fourth-order valence-corrected chi connectivity index (χ4v) is 4.99. The smallest absolute Gasteiger partial charge is 0.241 e. The lowest BCUT2D eigenvalue weighted by Crippen LogP contribution is -2.27. The molecule has 1 aliphatic rings. The van der Waals surface area contributed by atoms with Gasteiger partial charge in [-0.1, -0.05) is 15.9 Å². The molecular formula is C13H18Br2N2O2S. The normalized spacial score (nSPS) is 19.4. The van der Waals surface area contributed by atoms with Crippen LogP contribution in [0.3, 0.4) is 0 Å². The fourth-order valence-electron chi connectivity index (χ4n) is 2.27. The minimum atomic E-state index is -3.47. The Morgan fingerprint density at radius 1 is 1.35 bits per heavy atom. The number of rotatable bonds is 5. The summed E-state index contributed by atoms with van der Waals surface area (Å²) < 4.78 is 28.7. The molecule has 112 valence electrons. The molecule has 1 saturated heterocycles. The van der Waals surface area contributed by atoms with Crippen molar-refractivity contribution in [3.05, 3.63) is 26.6 Å². The van der Waals surface area contributed by atoms with Gasteiger partial charge in [0.05, 0.1) is 4.90 Å². The van der Waals surface area contributed by atoms with Crippen LogP contribution >= 0.6 is 31.9 Å². The molecule has 0 aromatic heterocycles. The first-order valence-electron chi connectivity index (χ1n) is 6.56. The number of hydrogen-bond donors (Lipinski definition) is 2. The largest absolute Gasteiger partial charge is 0.316 e. The second kappa shape index (κ2) is 6.87. The molecule has 1 aliphatic heterocycles. The molecule has 20 heavy (non-hydrogen) atoms. The highest BCUT2D eigenvalue weighted by Gasteiger charge is 2.20. The summed E-state index contributed by atoms with van der Waals surface area (Å²) in [6.07, 6.45) is 2.00. The first kappa shape index (κ1) is 16.4. The fraction of sp³-hybridized carbons (Fsp3) is 0.538. The van der Waals surface area contributed by atoms with Gasteiger partial charge < -0.3 is 5.32 Å². The SMILES string of the molecule is Cc1cc(Br)c(S(=O)(=O)NCCC2CCNC2)cc1Br. The predicted molar refractivity (Wildman–Crippen MR) is 87.4 cm³/mol. The van der Waals surface area contributed by atoms with Crippen LogP contribution in [0.25, 0.3) is 0 Å². The molecule has 0 bridgehead atoms. The Hall–Kier alpha value is 0.0500. The zero-order valence-electron chi connectivity index (χ0n) is 11.2. The summed E-state index contributed by atoms with van der Waals surface area (Å²) in [6.45, 7) is 4.42. The van der Waals surface area contributed by atoms with Gasteiger partial charge in [0.2, 0.25) is 10.0 Å². The van der Waals surface area contributed by atoms with E-state index in [-0.39, 0.29) is 4.90 Å². The number of hydrogen-bond acceptors (Lipinski definition) is 3. The van der Waals surface area contributed by atoms with Crippen LogP contribution in [0.1, 0.15) is 18.4 Å². The van der Waals surface area contributed by atoms with E-state index in [2.05, 4.69) is 41.9 Å². The summed E-state index contributed by atoms with van der Waals surface area (Å²) in [7, 11) is -3.47. The number of sulfonamides is 1. The summed E-state index contributed by atoms with van der Waals surface area (Å²) in [5, 5.41) is 3.28. The van der Waals surface area contributed by atoms with Crippen LogP contribution in [-0.2, 0) is 10.0 Å². The average molecular weight is 426 g/mol. The predicted octanol–water partition coefficient (Wildman–Crippen LogP) is 2.80. The van der Waals surface area contributed by atoms with E-state index >= 15 is 0 Å². The Balaban J connectivity index is 2.04. The summed E-state index contributed by atoms with van der Waals surface area (Å²) in [5.74, 6) is 0.575. The van der Waals surface area contributed by atoms with Crippen molar-refractivity contribution in [2.75, 3.05) is 19.6 Å². The molecule has 2 rings (SSSR count). The van der Waals surface area contributed by atoms with E-state index in [9.17, 15) is 8.42 Å². The first-order valence-corrected chi connectivity index (χ1v) is 9.63. The van der Waals surface area contributed by atoms with Gasteiger partial charge in [0, 0.05) is 15.5 Å². The van der Waals surface area contributed by atoms with Crippen molar-refractivity contribution in [1.82, 2.24) is 10.0 Å². The van der Waals surface area contributed by atoms with Crippen molar-refractivity contribution in [1.29, 1.82) is 0 Å². The summed E-state index contributed by atoms with van der Waals surface area (Å²) >= 11 is 6.70. The van der Waals surface area contributed by atoms with E-state index in [1.807, 2.05) is 6.92 Å². The van der Waals surface area contributed by atoms with E-state index in [1.54, 1.807) is 12.1 Å². The van der Waals surface area contributed by atoms with E-state index in [0.29, 0.717) is 16.9 Å². The molecule has 1 fully saturated rings. The third kappa shape index (κ3) is 4.04.